The molecule has 0 atom stereocenters. The van der Waals surface area contributed by atoms with Gasteiger partial charge in [0.05, 0.1) is 0 Å². The van der Waals surface area contributed by atoms with Gasteiger partial charge in [-0.25, -0.2) is 0 Å². The number of halogens is 4. The van der Waals surface area contributed by atoms with Crippen LogP contribution in [0.1, 0.15) is 128 Å². The van der Waals surface area contributed by atoms with Crippen LogP contribution in [-0.2, 0) is 0 Å². The van der Waals surface area contributed by atoms with E-state index in [4.69, 9.17) is 44.8 Å². The lowest BCUT2D eigenvalue weighted by molar-refractivity contribution is 0.523. The number of hydrogen-bond donors (Lipinski definition) is 0. The van der Waals surface area contributed by atoms with Crippen molar-refractivity contribution < 1.29 is 0 Å². The van der Waals surface area contributed by atoms with Crippen molar-refractivity contribution in [3.05, 3.63) is 0 Å². The maximum Gasteiger partial charge on any atom is 0.341 e. The van der Waals surface area contributed by atoms with Crippen molar-refractivity contribution in [3.8, 4) is 0 Å². The molecule has 0 aromatic carbocycles. The summed E-state index contributed by atoms with van der Waals surface area (Å²) in [4.78, 5) is 0. The summed E-state index contributed by atoms with van der Waals surface area (Å²) in [5.74, 6) is 0.835. The van der Waals surface area contributed by atoms with Crippen molar-refractivity contribution in [1.82, 2.24) is 0 Å². The molecule has 0 aliphatic rings. The van der Waals surface area contributed by atoms with E-state index in [1.54, 1.807) is 0 Å². The first-order chi connectivity index (χ1) is 13.1. The van der Waals surface area contributed by atoms with E-state index >= 15 is 0 Å². The number of alkyl halides is 1. The second kappa shape index (κ2) is 22.1. The minimum Gasteiger partial charge on any atom is -0.127 e. The summed E-state index contributed by atoms with van der Waals surface area (Å²) < 4.78 is 0. The second-order valence-corrected chi connectivity index (χ2v) is 17.8. The van der Waals surface area contributed by atoms with Crippen LogP contribution < -0.4 is 0 Å². The Morgan fingerprint density at radius 3 is 0.778 bits per heavy atom. The fourth-order valence-electron chi connectivity index (χ4n) is 3.60. The van der Waals surface area contributed by atoms with Crippen molar-refractivity contribution in [1.29, 1.82) is 0 Å². The van der Waals surface area contributed by atoms with Crippen LogP contribution in [0.4, 0.5) is 0 Å². The van der Waals surface area contributed by atoms with E-state index in [-0.39, 0.29) is 0 Å². The summed E-state index contributed by atoms with van der Waals surface area (Å²) in [6, 6.07) is -1.53. The van der Waals surface area contributed by atoms with Gasteiger partial charge in [-0.3, -0.25) is 0 Å². The Bertz CT molecular complexity index is 282. The Morgan fingerprint density at radius 2 is 0.556 bits per heavy atom. The summed E-state index contributed by atoms with van der Waals surface area (Å²) in [5.41, 5.74) is 0. The van der Waals surface area contributed by atoms with E-state index in [0.29, 0.717) is 0 Å². The minimum atomic E-state index is -2.36. The summed E-state index contributed by atoms with van der Waals surface area (Å²) >= 11 is 23.4. The quantitative estimate of drug-likeness (QED) is 0.0628. The van der Waals surface area contributed by atoms with E-state index in [1.165, 1.54) is 122 Å². The molecule has 164 valence electrons. The molecular formula is C22H44Cl4Si. The first kappa shape index (κ1) is 28.4. The lowest BCUT2D eigenvalue weighted by atomic mass is 10.0. The molecule has 0 saturated heterocycles. The molecule has 0 N–H and O–H groups in total. The van der Waals surface area contributed by atoms with Gasteiger partial charge in [0, 0.05) is 5.88 Å². The SMILES string of the molecule is ClCCCCCCCCCCCCCCCCCCCCCC[Si](Cl)(Cl)Cl. The molecule has 0 amide bonds. The molecular weight excluding hydrogens is 434 g/mol. The molecule has 0 saturated carbocycles. The van der Waals surface area contributed by atoms with E-state index in [9.17, 15) is 0 Å². The van der Waals surface area contributed by atoms with Crippen LogP contribution in [0.15, 0.2) is 0 Å². The van der Waals surface area contributed by atoms with Gasteiger partial charge in [0.15, 0.2) is 0 Å². The van der Waals surface area contributed by atoms with Crippen molar-refractivity contribution in [2.24, 2.45) is 0 Å². The van der Waals surface area contributed by atoms with Gasteiger partial charge in [-0.15, -0.1) is 44.8 Å². The van der Waals surface area contributed by atoms with E-state index in [2.05, 4.69) is 0 Å². The minimum absolute atomic E-state index is 0.826. The highest BCUT2D eigenvalue weighted by Crippen LogP contribution is 2.27. The van der Waals surface area contributed by atoms with Gasteiger partial charge in [-0.05, 0) is 12.5 Å². The lowest BCUT2D eigenvalue weighted by Crippen LogP contribution is -2.07. The molecule has 27 heavy (non-hydrogen) atoms. The molecule has 0 aliphatic carbocycles. The predicted octanol–water partition coefficient (Wildman–Crippen LogP) is 10.7. The highest BCUT2D eigenvalue weighted by atomic mass is 35.8. The molecule has 0 bridgehead atoms. The largest absolute Gasteiger partial charge is 0.341 e. The molecule has 0 rings (SSSR count). The smallest absolute Gasteiger partial charge is 0.127 e. The molecule has 0 nitrogen and oxygen atoms in total. The lowest BCUT2D eigenvalue weighted by Gasteiger charge is -2.07. The van der Waals surface area contributed by atoms with Crippen LogP contribution in [0.3, 0.4) is 0 Å². The van der Waals surface area contributed by atoms with Crippen LogP contribution in [0.25, 0.3) is 0 Å². The van der Waals surface area contributed by atoms with E-state index < -0.39 is 6.00 Å². The maximum absolute atomic E-state index is 5.89. The Labute approximate surface area is 190 Å². The molecule has 0 fully saturated rings. The number of hydrogen-bond acceptors (Lipinski definition) is 0. The van der Waals surface area contributed by atoms with E-state index in [0.717, 1.165) is 18.3 Å². The van der Waals surface area contributed by atoms with Crippen LogP contribution >= 0.6 is 44.8 Å². The Kier molecular flexibility index (Phi) is 23.2. The van der Waals surface area contributed by atoms with E-state index in [1.807, 2.05) is 0 Å². The standard InChI is InChI=1S/C22H44Cl4Si/c23-21-19-17-15-13-11-9-7-5-3-1-2-4-6-8-10-12-14-16-18-20-22-27(24,25)26/h1-22H2. The average molecular weight is 478 g/mol. The molecule has 5 heteroatoms. The number of unbranched alkanes of at least 4 members (excludes halogenated alkanes) is 19. The molecule has 0 unspecified atom stereocenters. The molecule has 0 spiro atoms. The highest BCUT2D eigenvalue weighted by molar-refractivity contribution is 7.64. The molecule has 0 aliphatic heterocycles. The Hall–Kier alpha value is 1.38. The van der Waals surface area contributed by atoms with Gasteiger partial charge >= 0.3 is 6.00 Å². The van der Waals surface area contributed by atoms with Crippen molar-refractivity contribution in [2.75, 3.05) is 5.88 Å². The summed E-state index contributed by atoms with van der Waals surface area (Å²) in [6.45, 7) is 0. The first-order valence-corrected chi connectivity index (χ1v) is 17.5. The van der Waals surface area contributed by atoms with Crippen molar-refractivity contribution >= 4 is 50.8 Å². The van der Waals surface area contributed by atoms with Gasteiger partial charge in [-0.1, -0.05) is 122 Å². The molecule has 0 radical (unpaired) electrons. The summed E-state index contributed by atoms with van der Waals surface area (Å²) in [7, 11) is 0. The molecule has 0 aromatic heterocycles. The molecule has 0 heterocycles. The zero-order chi connectivity index (χ0) is 20.1. The number of rotatable bonds is 22. The van der Waals surface area contributed by atoms with Gasteiger partial charge < -0.3 is 0 Å². The highest BCUT2D eigenvalue weighted by Gasteiger charge is 2.23. The summed E-state index contributed by atoms with van der Waals surface area (Å²) in [6.07, 6.45) is 27.5. The van der Waals surface area contributed by atoms with Gasteiger partial charge in [-0.2, -0.15) is 0 Å². The second-order valence-electron chi connectivity index (χ2n) is 8.13. The zero-order valence-corrected chi connectivity index (χ0v) is 21.6. The predicted molar refractivity (Wildman–Crippen MR) is 131 cm³/mol. The Morgan fingerprint density at radius 1 is 0.333 bits per heavy atom. The van der Waals surface area contributed by atoms with Crippen LogP contribution in [0.2, 0.25) is 6.04 Å². The van der Waals surface area contributed by atoms with Crippen LogP contribution in [-0.4, -0.2) is 11.9 Å². The van der Waals surface area contributed by atoms with Crippen LogP contribution in [0.5, 0.6) is 0 Å². The van der Waals surface area contributed by atoms with Crippen LogP contribution in [0, 0.1) is 0 Å². The van der Waals surface area contributed by atoms with Gasteiger partial charge in [0.2, 0.25) is 0 Å². The fourth-order valence-corrected chi connectivity index (χ4v) is 5.64. The monoisotopic (exact) mass is 476 g/mol. The first-order valence-electron chi connectivity index (χ1n) is 11.7. The topological polar surface area (TPSA) is 0 Å². The third-order valence-electron chi connectivity index (χ3n) is 5.34. The summed E-state index contributed by atoms with van der Waals surface area (Å²) in [5, 5.41) is 0. The van der Waals surface area contributed by atoms with Gasteiger partial charge in [0.1, 0.15) is 0 Å². The van der Waals surface area contributed by atoms with Gasteiger partial charge in [0.25, 0.3) is 0 Å². The average Bonchev–Trinajstić information content (AvgIpc) is 2.62. The molecule has 0 aromatic rings. The maximum atomic E-state index is 5.89. The third kappa shape index (κ3) is 27.4. The third-order valence-corrected chi connectivity index (χ3v) is 8.23. The fraction of sp³-hybridized carbons (Fsp3) is 1.00. The van der Waals surface area contributed by atoms with Crippen molar-refractivity contribution in [3.63, 3.8) is 0 Å². The normalized spacial score (nSPS) is 12.0. The Balaban J connectivity index is 3.01. The van der Waals surface area contributed by atoms with Crippen molar-refractivity contribution in [2.45, 2.75) is 134 Å². The zero-order valence-electron chi connectivity index (χ0n) is 17.6.